The summed E-state index contributed by atoms with van der Waals surface area (Å²) in [7, 11) is 1.62. The maximum atomic E-state index is 13.4. The van der Waals surface area contributed by atoms with Crippen LogP contribution in [0.5, 0.6) is 5.75 Å². The number of piperidine rings is 1. The molecule has 1 aromatic rings. The van der Waals surface area contributed by atoms with Crippen LogP contribution in [0.15, 0.2) is 53.1 Å². The molecule has 3 unspecified atom stereocenters. The van der Waals surface area contributed by atoms with Crippen LogP contribution in [0.25, 0.3) is 5.57 Å². The Labute approximate surface area is 258 Å². The molecule has 1 saturated carbocycles. The van der Waals surface area contributed by atoms with Gasteiger partial charge in [-0.25, -0.2) is 4.99 Å². The van der Waals surface area contributed by atoms with Crippen molar-refractivity contribution in [1.29, 1.82) is 0 Å². The molecular weight excluding hydrogens is 538 g/mol. The van der Waals surface area contributed by atoms with Crippen molar-refractivity contribution in [2.45, 2.75) is 79.6 Å². The van der Waals surface area contributed by atoms with Crippen molar-refractivity contribution < 1.29 is 14.3 Å². The number of hydrogen-bond donors (Lipinski definition) is 2. The van der Waals surface area contributed by atoms with Crippen molar-refractivity contribution in [1.82, 2.24) is 15.1 Å². The number of nitrogens with one attached hydrogen (secondary N) is 1. The summed E-state index contributed by atoms with van der Waals surface area (Å²) >= 11 is 0. The fourth-order valence-electron chi connectivity index (χ4n) is 6.39. The molecule has 0 bridgehead atoms. The molecule has 4 rings (SSSR count). The van der Waals surface area contributed by atoms with Crippen LogP contribution >= 0.6 is 0 Å². The monoisotopic (exact) mass is 589 g/mol. The molecule has 2 heterocycles. The van der Waals surface area contributed by atoms with Crippen molar-refractivity contribution >= 4 is 23.2 Å². The first-order valence-corrected chi connectivity index (χ1v) is 16.2. The zero-order valence-corrected chi connectivity index (χ0v) is 27.0. The number of carbonyl (C=O) groups is 2. The van der Waals surface area contributed by atoms with Gasteiger partial charge in [-0.3, -0.25) is 9.59 Å². The van der Waals surface area contributed by atoms with Gasteiger partial charge in [-0.1, -0.05) is 53.2 Å². The van der Waals surface area contributed by atoms with E-state index in [0.29, 0.717) is 30.3 Å². The number of benzene rings is 1. The van der Waals surface area contributed by atoms with E-state index in [0.717, 1.165) is 72.8 Å². The lowest BCUT2D eigenvalue weighted by atomic mass is 9.86. The molecule has 43 heavy (non-hydrogen) atoms. The van der Waals surface area contributed by atoms with Crippen molar-refractivity contribution in [2.24, 2.45) is 34.4 Å². The highest BCUT2D eigenvalue weighted by Crippen LogP contribution is 2.42. The Kier molecular flexibility index (Phi) is 10.7. The minimum absolute atomic E-state index is 0.0607. The van der Waals surface area contributed by atoms with Crippen LogP contribution in [0.4, 0.5) is 0 Å². The zero-order chi connectivity index (χ0) is 31.3. The van der Waals surface area contributed by atoms with Crippen LogP contribution in [0.2, 0.25) is 0 Å². The van der Waals surface area contributed by atoms with E-state index in [1.54, 1.807) is 13.1 Å². The number of likely N-dealkylation sites (tertiary alicyclic amines) is 1. The smallest absolute Gasteiger partial charge is 0.251 e. The third-order valence-electron chi connectivity index (χ3n) is 9.19. The van der Waals surface area contributed by atoms with Crippen LogP contribution in [0.1, 0.15) is 95.5 Å². The van der Waals surface area contributed by atoms with E-state index in [1.165, 1.54) is 12.8 Å². The molecule has 3 N–H and O–H groups in total. The van der Waals surface area contributed by atoms with Gasteiger partial charge < -0.3 is 25.6 Å². The molecule has 2 amide bonds. The van der Waals surface area contributed by atoms with Crippen LogP contribution < -0.4 is 15.8 Å². The normalized spacial score (nSPS) is 21.4. The Hall–Kier alpha value is -3.55. The van der Waals surface area contributed by atoms with E-state index in [9.17, 15) is 9.59 Å². The first-order valence-electron chi connectivity index (χ1n) is 16.2. The van der Waals surface area contributed by atoms with Gasteiger partial charge >= 0.3 is 0 Å². The number of allylic oxidation sites excluding steroid dienone is 2. The predicted molar refractivity (Wildman–Crippen MR) is 174 cm³/mol. The fourth-order valence-corrected chi connectivity index (χ4v) is 6.39. The molecule has 0 radical (unpaired) electrons. The molecular formula is C35H51N5O3. The lowest BCUT2D eigenvalue weighted by Gasteiger charge is -2.42. The first-order chi connectivity index (χ1) is 20.6. The molecule has 8 heteroatoms. The van der Waals surface area contributed by atoms with Crippen LogP contribution in [-0.2, 0) is 4.79 Å². The second-order valence-electron chi connectivity index (χ2n) is 12.3. The Bertz CT molecular complexity index is 1310. The van der Waals surface area contributed by atoms with Crippen molar-refractivity contribution in [3.8, 4) is 5.75 Å². The van der Waals surface area contributed by atoms with Gasteiger partial charge in [0.25, 0.3) is 5.91 Å². The SMILES string of the molecule is C=C(C1CCCN(C(=O)C(C)CC2CC2)C1)N1C(CC)=CN=C(N)/C1=C(\c1ccc(C(=O)NC)cc1OCC)C(C)CC. The quantitative estimate of drug-likeness (QED) is 0.297. The maximum absolute atomic E-state index is 13.4. The van der Waals surface area contributed by atoms with E-state index < -0.39 is 0 Å². The summed E-state index contributed by atoms with van der Waals surface area (Å²) in [6, 6.07) is 5.60. The summed E-state index contributed by atoms with van der Waals surface area (Å²) in [6.07, 6.45) is 8.87. The first kappa shape index (κ1) is 32.4. The lowest BCUT2D eigenvalue weighted by Crippen LogP contribution is -2.45. The lowest BCUT2D eigenvalue weighted by molar-refractivity contribution is -0.137. The summed E-state index contributed by atoms with van der Waals surface area (Å²) in [6.45, 7) is 17.1. The summed E-state index contributed by atoms with van der Waals surface area (Å²) in [4.78, 5) is 34.9. The molecule has 3 atom stereocenters. The molecule has 3 aliphatic rings. The Balaban J connectivity index is 1.78. The summed E-state index contributed by atoms with van der Waals surface area (Å²) < 4.78 is 6.14. The van der Waals surface area contributed by atoms with Gasteiger partial charge in [0.15, 0.2) is 0 Å². The fraction of sp³-hybridized carbons (Fsp3) is 0.571. The van der Waals surface area contributed by atoms with Gasteiger partial charge in [0.05, 0.1) is 12.3 Å². The maximum Gasteiger partial charge on any atom is 0.251 e. The van der Waals surface area contributed by atoms with E-state index in [1.807, 2.05) is 25.3 Å². The topological polar surface area (TPSA) is 100 Å². The highest BCUT2D eigenvalue weighted by molar-refractivity contribution is 6.06. The number of amidine groups is 1. The van der Waals surface area contributed by atoms with Crippen LogP contribution in [0, 0.1) is 23.7 Å². The third-order valence-corrected chi connectivity index (χ3v) is 9.19. The van der Waals surface area contributed by atoms with Gasteiger partial charge in [0, 0.05) is 60.7 Å². The molecule has 2 aliphatic heterocycles. The zero-order valence-electron chi connectivity index (χ0n) is 27.0. The molecule has 1 aromatic carbocycles. The van der Waals surface area contributed by atoms with Gasteiger partial charge in [-0.15, -0.1) is 0 Å². The third kappa shape index (κ3) is 7.16. The van der Waals surface area contributed by atoms with Crippen LogP contribution in [-0.4, -0.2) is 54.2 Å². The van der Waals surface area contributed by atoms with E-state index in [2.05, 4.69) is 54.4 Å². The van der Waals surface area contributed by atoms with E-state index >= 15 is 0 Å². The van der Waals surface area contributed by atoms with Crippen molar-refractivity contribution in [2.75, 3.05) is 26.7 Å². The number of nitrogens with two attached hydrogens (primary N) is 1. The number of rotatable bonds is 12. The molecule has 1 saturated heterocycles. The summed E-state index contributed by atoms with van der Waals surface area (Å²) in [5.74, 6) is 2.15. The molecule has 2 fully saturated rings. The predicted octanol–water partition coefficient (Wildman–Crippen LogP) is 6.31. The van der Waals surface area contributed by atoms with E-state index in [4.69, 9.17) is 10.5 Å². The largest absolute Gasteiger partial charge is 0.493 e. The number of hydrogen-bond acceptors (Lipinski definition) is 6. The van der Waals surface area contributed by atoms with E-state index in [-0.39, 0.29) is 29.6 Å². The number of ether oxygens (including phenoxy) is 1. The Morgan fingerprint density at radius 3 is 2.53 bits per heavy atom. The Morgan fingerprint density at radius 2 is 1.91 bits per heavy atom. The molecule has 0 aromatic heterocycles. The molecule has 0 spiro atoms. The molecule has 234 valence electrons. The number of carbonyl (C=O) groups excluding carboxylic acids is 2. The minimum Gasteiger partial charge on any atom is -0.493 e. The number of aliphatic imine (C=N–C) groups is 1. The van der Waals surface area contributed by atoms with Crippen LogP contribution in [0.3, 0.4) is 0 Å². The second-order valence-corrected chi connectivity index (χ2v) is 12.3. The average Bonchev–Trinajstić information content (AvgIpc) is 3.85. The Morgan fingerprint density at radius 1 is 1.16 bits per heavy atom. The van der Waals surface area contributed by atoms with Gasteiger partial charge in [0.2, 0.25) is 5.91 Å². The van der Waals surface area contributed by atoms with Crippen molar-refractivity contribution in [3.05, 3.63) is 59.2 Å². The number of nitrogens with zero attached hydrogens (tertiary/aromatic N) is 3. The van der Waals surface area contributed by atoms with Gasteiger partial charge in [-0.2, -0.15) is 0 Å². The average molecular weight is 590 g/mol. The highest BCUT2D eigenvalue weighted by atomic mass is 16.5. The second kappa shape index (κ2) is 14.3. The standard InChI is InChI=1S/C35H51N5O3/c1-8-22(4)31(29-16-15-26(34(41)37-7)19-30(29)43-10-3)32-33(36)38-20-28(9-2)40(32)24(6)27-12-11-17-39(21-27)35(42)23(5)18-25-13-14-25/h15-16,19-20,22-23,25,27H,6,8-14,17-18,21H2,1-5,7H3,(H2,36,38)(H,37,41)/b32-31+. The van der Waals surface area contributed by atoms with Crippen molar-refractivity contribution in [3.63, 3.8) is 0 Å². The highest BCUT2D eigenvalue weighted by Gasteiger charge is 2.36. The molecule has 8 nitrogen and oxygen atoms in total. The van der Waals surface area contributed by atoms with Gasteiger partial charge in [0.1, 0.15) is 11.6 Å². The molecule has 1 aliphatic carbocycles. The minimum atomic E-state index is -0.168. The summed E-state index contributed by atoms with van der Waals surface area (Å²) in [5.41, 5.74) is 12.0. The summed E-state index contributed by atoms with van der Waals surface area (Å²) in [5, 5.41) is 2.71. The van der Waals surface area contributed by atoms with Gasteiger partial charge in [-0.05, 0) is 68.6 Å². The number of amides is 2.